The van der Waals surface area contributed by atoms with Crippen molar-refractivity contribution in [2.45, 2.75) is 82.8 Å². The van der Waals surface area contributed by atoms with Gasteiger partial charge in [0.25, 0.3) is 5.91 Å². The molecule has 0 fully saturated rings. The van der Waals surface area contributed by atoms with E-state index in [1.165, 1.54) is 0 Å². The van der Waals surface area contributed by atoms with Crippen LogP contribution in [-0.2, 0) is 4.79 Å². The summed E-state index contributed by atoms with van der Waals surface area (Å²) < 4.78 is 0. The number of rotatable bonds is 14. The number of aliphatic hydroxyl groups is 5. The van der Waals surface area contributed by atoms with Gasteiger partial charge in [-0.3, -0.25) is 4.79 Å². The molecule has 0 spiro atoms. The summed E-state index contributed by atoms with van der Waals surface area (Å²) in [6.45, 7) is 3.39. The van der Waals surface area contributed by atoms with Crippen LogP contribution in [0.5, 0.6) is 0 Å². The second-order valence-corrected chi connectivity index (χ2v) is 6.33. The third-order valence-electron chi connectivity index (χ3n) is 4.01. The molecule has 7 nitrogen and oxygen atoms in total. The van der Waals surface area contributed by atoms with Crippen molar-refractivity contribution in [2.75, 3.05) is 6.61 Å². The van der Waals surface area contributed by atoms with E-state index in [1.807, 2.05) is 19.1 Å². The molecule has 2 unspecified atom stereocenters. The minimum Gasteiger partial charge on any atom is -0.394 e. The van der Waals surface area contributed by atoms with Gasteiger partial charge in [-0.25, -0.2) is 0 Å². The molecule has 0 aromatic rings. The van der Waals surface area contributed by atoms with Crippen molar-refractivity contribution in [3.05, 3.63) is 24.3 Å². The largest absolute Gasteiger partial charge is 0.394 e. The van der Waals surface area contributed by atoms with Gasteiger partial charge in [0.05, 0.1) is 24.9 Å². The quantitative estimate of drug-likeness (QED) is 0.193. The van der Waals surface area contributed by atoms with E-state index in [-0.39, 0.29) is 12.8 Å². The van der Waals surface area contributed by atoms with Crippen molar-refractivity contribution in [2.24, 2.45) is 0 Å². The number of amides is 1. The lowest BCUT2D eigenvalue weighted by Gasteiger charge is -2.27. The number of allylic oxidation sites excluding steroid dienone is 2. The third kappa shape index (κ3) is 10.0. The van der Waals surface area contributed by atoms with Crippen molar-refractivity contribution in [1.29, 1.82) is 0 Å². The lowest BCUT2D eigenvalue weighted by molar-refractivity contribution is -0.137. The normalized spacial score (nSPS) is 18.0. The predicted molar refractivity (Wildman–Crippen MR) is 100 cm³/mol. The average molecular weight is 373 g/mol. The molecule has 7 heteroatoms. The second kappa shape index (κ2) is 14.9. The SMILES string of the molecule is CC/C=C/C[C@@H](O)[C@@H](O)[C@H](CO)NC(=O)C(O)C(O)C/C=C\CCCC. The zero-order chi connectivity index (χ0) is 19.9. The highest BCUT2D eigenvalue weighted by Gasteiger charge is 2.30. The summed E-state index contributed by atoms with van der Waals surface area (Å²) >= 11 is 0. The highest BCUT2D eigenvalue weighted by molar-refractivity contribution is 5.81. The van der Waals surface area contributed by atoms with Gasteiger partial charge in [0.2, 0.25) is 0 Å². The van der Waals surface area contributed by atoms with E-state index >= 15 is 0 Å². The summed E-state index contributed by atoms with van der Waals surface area (Å²) in [5.41, 5.74) is 0. The summed E-state index contributed by atoms with van der Waals surface area (Å²) in [4.78, 5) is 12.0. The standard InChI is InChI=1S/C19H35NO6/c1-3-5-7-8-10-12-16(23)18(25)19(26)20-14(13-21)17(24)15(22)11-9-6-4-2/h6,8-10,14-18,21-25H,3-5,7,11-13H2,1-2H3,(H,20,26)/b9-6+,10-8-/t14-,15+,16?,17-,18?/m0/s1. The Morgan fingerprint density at radius 3 is 2.15 bits per heavy atom. The monoisotopic (exact) mass is 373 g/mol. The zero-order valence-electron chi connectivity index (χ0n) is 15.8. The van der Waals surface area contributed by atoms with Crippen LogP contribution in [0.1, 0.15) is 52.4 Å². The van der Waals surface area contributed by atoms with Gasteiger partial charge in [-0.05, 0) is 25.7 Å². The molecule has 0 aliphatic heterocycles. The van der Waals surface area contributed by atoms with Crippen molar-refractivity contribution >= 4 is 5.91 Å². The molecule has 6 N–H and O–H groups in total. The molecular weight excluding hydrogens is 338 g/mol. The molecular formula is C19H35NO6. The molecule has 0 aliphatic rings. The van der Waals surface area contributed by atoms with E-state index in [1.54, 1.807) is 12.2 Å². The summed E-state index contributed by atoms with van der Waals surface area (Å²) in [6.07, 6.45) is 5.62. The van der Waals surface area contributed by atoms with Crippen molar-refractivity contribution in [3.63, 3.8) is 0 Å². The smallest absolute Gasteiger partial charge is 0.251 e. The van der Waals surface area contributed by atoms with Crippen molar-refractivity contribution in [1.82, 2.24) is 5.32 Å². The van der Waals surface area contributed by atoms with Gasteiger partial charge < -0.3 is 30.8 Å². The highest BCUT2D eigenvalue weighted by atomic mass is 16.3. The van der Waals surface area contributed by atoms with E-state index in [4.69, 9.17) is 0 Å². The first-order chi connectivity index (χ1) is 12.4. The van der Waals surface area contributed by atoms with Crippen LogP contribution >= 0.6 is 0 Å². The number of nitrogens with one attached hydrogen (secondary N) is 1. The van der Waals surface area contributed by atoms with Crippen molar-refractivity contribution in [3.8, 4) is 0 Å². The Morgan fingerprint density at radius 2 is 1.58 bits per heavy atom. The van der Waals surface area contributed by atoms with Crippen LogP contribution in [-0.4, -0.2) is 68.5 Å². The van der Waals surface area contributed by atoms with Crippen LogP contribution in [0.3, 0.4) is 0 Å². The molecule has 0 aromatic heterocycles. The number of hydrogen-bond donors (Lipinski definition) is 6. The van der Waals surface area contributed by atoms with Crippen molar-refractivity contribution < 1.29 is 30.3 Å². The van der Waals surface area contributed by atoms with Crippen LogP contribution < -0.4 is 5.32 Å². The fourth-order valence-corrected chi connectivity index (χ4v) is 2.30. The van der Waals surface area contributed by atoms with Crippen LogP contribution in [0.15, 0.2) is 24.3 Å². The van der Waals surface area contributed by atoms with Crippen LogP contribution in [0.2, 0.25) is 0 Å². The summed E-state index contributed by atoms with van der Waals surface area (Å²) in [5.74, 6) is -0.908. The molecule has 0 saturated carbocycles. The molecule has 0 aromatic carbocycles. The Labute approximate surface area is 156 Å². The molecule has 0 aliphatic carbocycles. The van der Waals surface area contributed by atoms with Crippen LogP contribution in [0.25, 0.3) is 0 Å². The fourth-order valence-electron chi connectivity index (χ4n) is 2.30. The van der Waals surface area contributed by atoms with Gasteiger partial charge in [0, 0.05) is 0 Å². The number of carbonyl (C=O) groups excluding carboxylic acids is 1. The van der Waals surface area contributed by atoms with E-state index in [9.17, 15) is 30.3 Å². The minimum atomic E-state index is -1.69. The molecule has 0 rings (SSSR count). The van der Waals surface area contributed by atoms with E-state index in [0.717, 1.165) is 25.7 Å². The van der Waals surface area contributed by atoms with Gasteiger partial charge in [-0.15, -0.1) is 0 Å². The number of hydrogen-bond acceptors (Lipinski definition) is 6. The van der Waals surface area contributed by atoms with E-state index in [2.05, 4.69) is 12.2 Å². The maximum atomic E-state index is 12.0. The molecule has 0 saturated heterocycles. The fraction of sp³-hybridized carbons (Fsp3) is 0.737. The maximum absolute atomic E-state index is 12.0. The van der Waals surface area contributed by atoms with Gasteiger partial charge in [0.1, 0.15) is 6.10 Å². The molecule has 1 amide bonds. The number of unbranched alkanes of at least 4 members (excludes halogenated alkanes) is 2. The summed E-state index contributed by atoms with van der Waals surface area (Å²) in [7, 11) is 0. The Morgan fingerprint density at radius 1 is 0.962 bits per heavy atom. The first-order valence-electron chi connectivity index (χ1n) is 9.32. The molecule has 0 heterocycles. The van der Waals surface area contributed by atoms with Gasteiger partial charge in [-0.2, -0.15) is 0 Å². The molecule has 0 radical (unpaired) electrons. The lowest BCUT2D eigenvalue weighted by Crippen LogP contribution is -2.54. The molecule has 0 bridgehead atoms. The zero-order valence-corrected chi connectivity index (χ0v) is 15.8. The lowest BCUT2D eigenvalue weighted by atomic mass is 10.0. The topological polar surface area (TPSA) is 130 Å². The maximum Gasteiger partial charge on any atom is 0.251 e. The average Bonchev–Trinajstić information content (AvgIpc) is 2.64. The number of aliphatic hydroxyl groups excluding tert-OH is 5. The van der Waals surface area contributed by atoms with Gasteiger partial charge in [-0.1, -0.05) is 51.0 Å². The minimum absolute atomic E-state index is 0.120. The van der Waals surface area contributed by atoms with Gasteiger partial charge >= 0.3 is 0 Å². The molecule has 152 valence electrons. The Hall–Kier alpha value is -1.25. The Kier molecular flexibility index (Phi) is 14.2. The summed E-state index contributed by atoms with van der Waals surface area (Å²) in [6, 6.07) is -1.14. The third-order valence-corrected chi connectivity index (χ3v) is 4.01. The Bertz CT molecular complexity index is 426. The van der Waals surface area contributed by atoms with Crippen LogP contribution in [0, 0.1) is 0 Å². The van der Waals surface area contributed by atoms with Crippen LogP contribution in [0.4, 0.5) is 0 Å². The number of carbonyl (C=O) groups is 1. The molecule has 5 atom stereocenters. The van der Waals surface area contributed by atoms with Gasteiger partial charge in [0.15, 0.2) is 6.10 Å². The first-order valence-corrected chi connectivity index (χ1v) is 9.32. The first kappa shape index (κ1) is 24.8. The van der Waals surface area contributed by atoms with E-state index in [0.29, 0.717) is 0 Å². The summed E-state index contributed by atoms with van der Waals surface area (Å²) in [5, 5.41) is 51.4. The Balaban J connectivity index is 4.52. The van der Waals surface area contributed by atoms with E-state index < -0.39 is 43.0 Å². The highest BCUT2D eigenvalue weighted by Crippen LogP contribution is 2.08. The predicted octanol–water partition coefficient (Wildman–Crippen LogP) is 0.400. The molecule has 26 heavy (non-hydrogen) atoms. The second-order valence-electron chi connectivity index (χ2n) is 6.33.